The maximum Gasteiger partial charge on any atom is 0.260 e. The Bertz CT molecular complexity index is 596. The van der Waals surface area contributed by atoms with E-state index in [1.165, 1.54) is 12.1 Å². The van der Waals surface area contributed by atoms with E-state index in [4.69, 9.17) is 9.88 Å². The Balaban J connectivity index is 3.07. The molecule has 1 rings (SSSR count). The lowest BCUT2D eigenvalue weighted by Crippen LogP contribution is -2.36. The zero-order chi connectivity index (χ0) is 15.5. The van der Waals surface area contributed by atoms with Gasteiger partial charge < -0.3 is 10.1 Å². The van der Waals surface area contributed by atoms with Crippen LogP contribution in [0.25, 0.3) is 0 Å². The molecule has 0 spiro atoms. The molecule has 0 saturated heterocycles. The van der Waals surface area contributed by atoms with E-state index in [1.807, 2.05) is 0 Å². The predicted molar refractivity (Wildman–Crippen MR) is 82.0 cm³/mol. The van der Waals surface area contributed by atoms with Crippen LogP contribution < -0.4 is 15.2 Å². The van der Waals surface area contributed by atoms with Crippen LogP contribution in [0.3, 0.4) is 0 Å². The van der Waals surface area contributed by atoms with Crippen LogP contribution in [0.1, 0.15) is 13.8 Å². The number of carbonyl (C=O) groups is 1. The highest BCUT2D eigenvalue weighted by atomic mass is 79.9. The van der Waals surface area contributed by atoms with E-state index in [9.17, 15) is 13.2 Å². The fourth-order valence-corrected chi connectivity index (χ4v) is 3.60. The molecule has 0 aliphatic rings. The van der Waals surface area contributed by atoms with E-state index >= 15 is 0 Å². The Morgan fingerprint density at radius 3 is 2.30 bits per heavy atom. The minimum absolute atomic E-state index is 0.0609. The first kappa shape index (κ1) is 17.4. The molecule has 1 atom stereocenters. The molecule has 20 heavy (non-hydrogen) atoms. The van der Waals surface area contributed by atoms with Gasteiger partial charge in [0.15, 0.2) is 6.10 Å². The van der Waals surface area contributed by atoms with Crippen molar-refractivity contribution in [3.05, 3.63) is 21.1 Å². The maximum absolute atomic E-state index is 11.6. The number of sulfonamides is 1. The molecule has 9 heteroatoms. The minimum atomic E-state index is -3.81. The van der Waals surface area contributed by atoms with Crippen molar-refractivity contribution in [2.45, 2.75) is 24.8 Å². The van der Waals surface area contributed by atoms with Crippen molar-refractivity contribution >= 4 is 47.8 Å². The fraction of sp³-hybridized carbons (Fsp3) is 0.364. The number of amides is 1. The Hall–Kier alpha value is -0.640. The van der Waals surface area contributed by atoms with Crippen molar-refractivity contribution in [1.29, 1.82) is 0 Å². The van der Waals surface area contributed by atoms with E-state index in [-0.39, 0.29) is 10.8 Å². The van der Waals surface area contributed by atoms with E-state index in [0.717, 1.165) is 0 Å². The summed E-state index contributed by atoms with van der Waals surface area (Å²) in [5.74, 6) is 0.0676. The normalized spacial score (nSPS) is 12.8. The van der Waals surface area contributed by atoms with Crippen molar-refractivity contribution < 1.29 is 17.9 Å². The molecule has 3 N–H and O–H groups in total. The van der Waals surface area contributed by atoms with Crippen LogP contribution in [0.2, 0.25) is 0 Å². The Kier molecular flexibility index (Phi) is 5.99. The van der Waals surface area contributed by atoms with Gasteiger partial charge in [-0.25, -0.2) is 13.6 Å². The molecule has 0 bridgehead atoms. The maximum atomic E-state index is 11.6. The van der Waals surface area contributed by atoms with Gasteiger partial charge in [0.2, 0.25) is 10.0 Å². The SMILES string of the molecule is CCNC(=O)C(C)Oc1c(Br)cc(S(N)(=O)=O)cc1Br. The summed E-state index contributed by atoms with van der Waals surface area (Å²) in [5, 5.41) is 7.69. The molecular formula is C11H14Br2N2O4S. The van der Waals surface area contributed by atoms with Gasteiger partial charge in [-0.15, -0.1) is 0 Å². The third kappa shape index (κ3) is 4.44. The molecule has 112 valence electrons. The summed E-state index contributed by atoms with van der Waals surface area (Å²) in [4.78, 5) is 11.6. The monoisotopic (exact) mass is 428 g/mol. The number of nitrogens with two attached hydrogens (primary N) is 1. The summed E-state index contributed by atoms with van der Waals surface area (Å²) < 4.78 is 28.9. The lowest BCUT2D eigenvalue weighted by Gasteiger charge is -2.17. The molecule has 6 nitrogen and oxygen atoms in total. The van der Waals surface area contributed by atoms with Crippen molar-refractivity contribution in [1.82, 2.24) is 5.32 Å². The zero-order valence-electron chi connectivity index (χ0n) is 10.8. The quantitative estimate of drug-likeness (QED) is 0.744. The van der Waals surface area contributed by atoms with Crippen LogP contribution in [0, 0.1) is 0 Å². The van der Waals surface area contributed by atoms with Crippen molar-refractivity contribution in [2.75, 3.05) is 6.54 Å². The van der Waals surface area contributed by atoms with Crippen LogP contribution in [0.4, 0.5) is 0 Å². The highest BCUT2D eigenvalue weighted by Crippen LogP contribution is 2.36. The number of benzene rings is 1. The summed E-state index contributed by atoms with van der Waals surface area (Å²) in [6, 6.07) is 2.64. The summed E-state index contributed by atoms with van der Waals surface area (Å²) in [7, 11) is -3.81. The molecule has 1 aromatic rings. The van der Waals surface area contributed by atoms with Gasteiger partial charge >= 0.3 is 0 Å². The minimum Gasteiger partial charge on any atom is -0.479 e. The van der Waals surface area contributed by atoms with E-state index in [1.54, 1.807) is 13.8 Å². The van der Waals surface area contributed by atoms with Gasteiger partial charge in [-0.2, -0.15) is 0 Å². The average Bonchev–Trinajstić information content (AvgIpc) is 2.32. The smallest absolute Gasteiger partial charge is 0.260 e. The van der Waals surface area contributed by atoms with Crippen molar-refractivity contribution in [3.63, 3.8) is 0 Å². The molecule has 1 aromatic carbocycles. The third-order valence-corrected chi connectivity index (χ3v) is 4.39. The Morgan fingerprint density at radius 2 is 1.90 bits per heavy atom. The number of hydrogen-bond acceptors (Lipinski definition) is 4. The first-order chi connectivity index (χ1) is 9.16. The zero-order valence-corrected chi connectivity index (χ0v) is 14.8. The number of likely N-dealkylation sites (N-methyl/N-ethyl adjacent to an activating group) is 1. The molecule has 0 fully saturated rings. The fourth-order valence-electron chi connectivity index (χ4n) is 1.36. The molecule has 0 saturated carbocycles. The summed E-state index contributed by atoms with van der Waals surface area (Å²) in [5.41, 5.74) is 0. The molecule has 0 aliphatic heterocycles. The second-order valence-electron chi connectivity index (χ2n) is 3.92. The molecular weight excluding hydrogens is 416 g/mol. The summed E-state index contributed by atoms with van der Waals surface area (Å²) in [6.07, 6.45) is -0.720. The Labute approximate surface area is 134 Å². The third-order valence-electron chi connectivity index (χ3n) is 2.32. The van der Waals surface area contributed by atoms with Crippen LogP contribution in [-0.4, -0.2) is 27.0 Å². The number of nitrogens with one attached hydrogen (secondary N) is 1. The van der Waals surface area contributed by atoms with Crippen LogP contribution in [0.15, 0.2) is 26.0 Å². The average molecular weight is 430 g/mol. The highest BCUT2D eigenvalue weighted by Gasteiger charge is 2.20. The van der Waals surface area contributed by atoms with E-state index < -0.39 is 16.1 Å². The molecule has 0 aliphatic carbocycles. The summed E-state index contributed by atoms with van der Waals surface area (Å²) >= 11 is 6.40. The van der Waals surface area contributed by atoms with Gasteiger partial charge in [-0.1, -0.05) is 0 Å². The second-order valence-corrected chi connectivity index (χ2v) is 7.19. The van der Waals surface area contributed by atoms with Gasteiger partial charge in [-0.3, -0.25) is 4.79 Å². The molecule has 0 heterocycles. The van der Waals surface area contributed by atoms with Gasteiger partial charge in [0.1, 0.15) is 5.75 Å². The molecule has 1 amide bonds. The van der Waals surface area contributed by atoms with Gasteiger partial charge in [0.05, 0.1) is 13.8 Å². The molecule has 0 radical (unpaired) electrons. The van der Waals surface area contributed by atoms with E-state index in [0.29, 0.717) is 21.2 Å². The molecule has 1 unspecified atom stereocenters. The van der Waals surface area contributed by atoms with Crippen LogP contribution in [-0.2, 0) is 14.8 Å². The largest absolute Gasteiger partial charge is 0.479 e. The first-order valence-electron chi connectivity index (χ1n) is 5.63. The van der Waals surface area contributed by atoms with E-state index in [2.05, 4.69) is 37.2 Å². The predicted octanol–water partition coefficient (Wildman–Crippen LogP) is 1.76. The van der Waals surface area contributed by atoms with Crippen molar-refractivity contribution in [3.8, 4) is 5.75 Å². The number of rotatable bonds is 5. The standard InChI is InChI=1S/C11H14Br2N2O4S/c1-3-15-11(16)6(2)19-10-8(12)4-7(5-9(10)13)20(14,17)18/h4-6H,3H2,1-2H3,(H,15,16)(H2,14,17,18). The first-order valence-corrected chi connectivity index (χ1v) is 8.76. The highest BCUT2D eigenvalue weighted by molar-refractivity contribution is 9.11. The van der Waals surface area contributed by atoms with Crippen LogP contribution in [0.5, 0.6) is 5.75 Å². The number of carbonyl (C=O) groups excluding carboxylic acids is 1. The topological polar surface area (TPSA) is 98.5 Å². The number of halogens is 2. The lowest BCUT2D eigenvalue weighted by atomic mass is 10.3. The number of hydrogen-bond donors (Lipinski definition) is 2. The Morgan fingerprint density at radius 1 is 1.40 bits per heavy atom. The number of ether oxygens (including phenoxy) is 1. The number of primary sulfonamides is 1. The lowest BCUT2D eigenvalue weighted by molar-refractivity contribution is -0.127. The second kappa shape index (κ2) is 6.88. The van der Waals surface area contributed by atoms with Gasteiger partial charge in [0.25, 0.3) is 5.91 Å². The van der Waals surface area contributed by atoms with Crippen LogP contribution >= 0.6 is 31.9 Å². The van der Waals surface area contributed by atoms with Crippen molar-refractivity contribution in [2.24, 2.45) is 5.14 Å². The molecule has 0 aromatic heterocycles. The summed E-state index contributed by atoms with van der Waals surface area (Å²) in [6.45, 7) is 3.90. The van der Waals surface area contributed by atoms with Gasteiger partial charge in [-0.05, 0) is 57.8 Å². The van der Waals surface area contributed by atoms with Gasteiger partial charge in [0, 0.05) is 6.54 Å².